The highest BCUT2D eigenvalue weighted by atomic mass is 15.1. The molecule has 2 heteroatoms. The van der Waals surface area contributed by atoms with E-state index in [2.05, 4.69) is 48.3 Å². The van der Waals surface area contributed by atoms with E-state index < -0.39 is 0 Å². The van der Waals surface area contributed by atoms with Crippen molar-refractivity contribution in [3.05, 3.63) is 24.3 Å². The first kappa shape index (κ1) is 14.7. The molecule has 0 amide bonds. The molecule has 1 atom stereocenters. The van der Waals surface area contributed by atoms with Crippen molar-refractivity contribution in [1.29, 1.82) is 0 Å². The second-order valence-corrected chi connectivity index (χ2v) is 7.53. The van der Waals surface area contributed by atoms with E-state index in [1.807, 2.05) is 0 Å². The lowest BCUT2D eigenvalue weighted by Crippen LogP contribution is -2.38. The molecule has 1 saturated heterocycles. The second-order valence-electron chi connectivity index (χ2n) is 7.53. The minimum Gasteiger partial charge on any atom is -0.382 e. The number of anilines is 2. The fourth-order valence-electron chi connectivity index (χ4n) is 3.88. The van der Waals surface area contributed by atoms with Crippen LogP contribution in [0.1, 0.15) is 58.8 Å². The standard InChI is InChI=1S/C19H30N2/c1-19(2)13-5-4-8-18(19)20-16-9-11-17(12-10-16)21-14-6-3-7-15-21/h9-12,18,20H,3-8,13-15H2,1-2H3. The molecule has 1 saturated carbocycles. The van der Waals surface area contributed by atoms with Crippen LogP contribution in [0.4, 0.5) is 11.4 Å². The molecule has 1 aliphatic carbocycles. The van der Waals surface area contributed by atoms with Gasteiger partial charge in [-0.1, -0.05) is 26.7 Å². The lowest BCUT2D eigenvalue weighted by atomic mass is 9.73. The highest BCUT2D eigenvalue weighted by molar-refractivity contribution is 5.55. The van der Waals surface area contributed by atoms with Crippen molar-refractivity contribution in [1.82, 2.24) is 0 Å². The number of piperidine rings is 1. The molecule has 21 heavy (non-hydrogen) atoms. The third-order valence-electron chi connectivity index (χ3n) is 5.44. The van der Waals surface area contributed by atoms with Crippen LogP contribution in [0, 0.1) is 5.41 Å². The number of benzene rings is 1. The van der Waals surface area contributed by atoms with Gasteiger partial charge in [0.25, 0.3) is 0 Å². The largest absolute Gasteiger partial charge is 0.382 e. The molecule has 0 radical (unpaired) electrons. The molecule has 1 aliphatic heterocycles. The Morgan fingerprint density at radius 1 is 0.952 bits per heavy atom. The Labute approximate surface area is 129 Å². The highest BCUT2D eigenvalue weighted by Gasteiger charge is 2.31. The summed E-state index contributed by atoms with van der Waals surface area (Å²) in [6, 6.07) is 9.75. The summed E-state index contributed by atoms with van der Waals surface area (Å²) in [6.45, 7) is 7.27. The smallest absolute Gasteiger partial charge is 0.0367 e. The van der Waals surface area contributed by atoms with E-state index in [1.54, 1.807) is 0 Å². The van der Waals surface area contributed by atoms with Crippen molar-refractivity contribution in [3.63, 3.8) is 0 Å². The Morgan fingerprint density at radius 2 is 1.67 bits per heavy atom. The van der Waals surface area contributed by atoms with Crippen molar-refractivity contribution in [3.8, 4) is 0 Å². The van der Waals surface area contributed by atoms with E-state index in [1.165, 1.54) is 69.4 Å². The molecule has 2 fully saturated rings. The van der Waals surface area contributed by atoms with Crippen molar-refractivity contribution >= 4 is 11.4 Å². The Bertz CT molecular complexity index is 443. The maximum Gasteiger partial charge on any atom is 0.0367 e. The van der Waals surface area contributed by atoms with E-state index in [0.717, 1.165) is 0 Å². The maximum atomic E-state index is 3.78. The molecule has 1 heterocycles. The average molecular weight is 286 g/mol. The maximum absolute atomic E-state index is 3.78. The molecule has 2 nitrogen and oxygen atoms in total. The molecule has 1 aromatic rings. The zero-order valence-corrected chi connectivity index (χ0v) is 13.7. The number of hydrogen-bond acceptors (Lipinski definition) is 2. The molecular formula is C19H30N2. The molecular weight excluding hydrogens is 256 g/mol. The van der Waals surface area contributed by atoms with Crippen LogP contribution in [0.25, 0.3) is 0 Å². The van der Waals surface area contributed by atoms with Gasteiger partial charge in [-0.25, -0.2) is 0 Å². The van der Waals surface area contributed by atoms with Gasteiger partial charge in [-0.05, 0) is 61.8 Å². The third kappa shape index (κ3) is 3.53. The van der Waals surface area contributed by atoms with E-state index >= 15 is 0 Å². The van der Waals surface area contributed by atoms with Gasteiger partial charge in [-0.2, -0.15) is 0 Å². The Morgan fingerprint density at radius 3 is 2.33 bits per heavy atom. The average Bonchev–Trinajstić information content (AvgIpc) is 2.51. The third-order valence-corrected chi connectivity index (χ3v) is 5.44. The summed E-state index contributed by atoms with van der Waals surface area (Å²) in [5, 5.41) is 3.78. The van der Waals surface area contributed by atoms with Crippen LogP contribution in [0.15, 0.2) is 24.3 Å². The number of rotatable bonds is 3. The molecule has 0 bridgehead atoms. The zero-order valence-electron chi connectivity index (χ0n) is 13.7. The Hall–Kier alpha value is -1.18. The normalized spacial score (nSPS) is 25.6. The predicted molar refractivity (Wildman–Crippen MR) is 92.2 cm³/mol. The van der Waals surface area contributed by atoms with Crippen LogP contribution in [-0.2, 0) is 0 Å². The van der Waals surface area contributed by atoms with Crippen LogP contribution < -0.4 is 10.2 Å². The molecule has 116 valence electrons. The SMILES string of the molecule is CC1(C)CCCCC1Nc1ccc(N2CCCCC2)cc1. The summed E-state index contributed by atoms with van der Waals surface area (Å²) < 4.78 is 0. The van der Waals surface area contributed by atoms with Crippen molar-refractivity contribution in [2.45, 2.75) is 64.8 Å². The minimum atomic E-state index is 0.420. The number of nitrogens with one attached hydrogen (secondary N) is 1. The van der Waals surface area contributed by atoms with Crippen molar-refractivity contribution < 1.29 is 0 Å². The van der Waals surface area contributed by atoms with Gasteiger partial charge in [0, 0.05) is 30.5 Å². The highest BCUT2D eigenvalue weighted by Crippen LogP contribution is 2.37. The molecule has 2 aliphatic rings. The summed E-state index contributed by atoms with van der Waals surface area (Å²) in [6.07, 6.45) is 9.49. The number of hydrogen-bond donors (Lipinski definition) is 1. The topological polar surface area (TPSA) is 15.3 Å². The van der Waals surface area contributed by atoms with E-state index in [-0.39, 0.29) is 0 Å². The lowest BCUT2D eigenvalue weighted by molar-refractivity contribution is 0.217. The first-order valence-electron chi connectivity index (χ1n) is 8.77. The Balaban J connectivity index is 1.63. The molecule has 1 N–H and O–H groups in total. The molecule has 1 aromatic carbocycles. The van der Waals surface area contributed by atoms with Gasteiger partial charge in [0.1, 0.15) is 0 Å². The molecule has 3 rings (SSSR count). The Kier molecular flexibility index (Phi) is 4.42. The van der Waals surface area contributed by atoms with Crippen LogP contribution in [0.5, 0.6) is 0 Å². The summed E-state index contributed by atoms with van der Waals surface area (Å²) in [7, 11) is 0. The first-order chi connectivity index (χ1) is 10.1. The van der Waals surface area contributed by atoms with Crippen molar-refractivity contribution in [2.75, 3.05) is 23.3 Å². The van der Waals surface area contributed by atoms with Crippen LogP contribution in [0.2, 0.25) is 0 Å². The minimum absolute atomic E-state index is 0.420. The van der Waals surface area contributed by atoms with E-state index in [9.17, 15) is 0 Å². The van der Waals surface area contributed by atoms with Crippen LogP contribution in [0.3, 0.4) is 0 Å². The summed E-state index contributed by atoms with van der Waals surface area (Å²) in [5.41, 5.74) is 3.10. The van der Waals surface area contributed by atoms with Gasteiger partial charge in [0.05, 0.1) is 0 Å². The van der Waals surface area contributed by atoms with Crippen LogP contribution in [-0.4, -0.2) is 19.1 Å². The second kappa shape index (κ2) is 6.29. The lowest BCUT2D eigenvalue weighted by Gasteiger charge is -2.39. The molecule has 1 unspecified atom stereocenters. The van der Waals surface area contributed by atoms with Gasteiger partial charge < -0.3 is 10.2 Å². The summed E-state index contributed by atoms with van der Waals surface area (Å²) in [4.78, 5) is 2.53. The van der Waals surface area contributed by atoms with Crippen LogP contribution >= 0.6 is 0 Å². The quantitative estimate of drug-likeness (QED) is 0.835. The van der Waals surface area contributed by atoms with Gasteiger partial charge in [-0.3, -0.25) is 0 Å². The molecule has 0 aromatic heterocycles. The van der Waals surface area contributed by atoms with E-state index in [0.29, 0.717) is 11.5 Å². The fourth-order valence-corrected chi connectivity index (χ4v) is 3.88. The predicted octanol–water partition coefficient (Wildman–Crippen LogP) is 5.06. The molecule has 0 spiro atoms. The van der Waals surface area contributed by atoms with Crippen molar-refractivity contribution in [2.24, 2.45) is 5.41 Å². The van der Waals surface area contributed by atoms with Gasteiger partial charge in [0.15, 0.2) is 0 Å². The number of nitrogens with zero attached hydrogens (tertiary/aromatic N) is 1. The zero-order chi connectivity index (χ0) is 14.7. The monoisotopic (exact) mass is 286 g/mol. The first-order valence-corrected chi connectivity index (χ1v) is 8.77. The van der Waals surface area contributed by atoms with Gasteiger partial charge >= 0.3 is 0 Å². The summed E-state index contributed by atoms with van der Waals surface area (Å²) in [5.74, 6) is 0. The van der Waals surface area contributed by atoms with E-state index in [4.69, 9.17) is 0 Å². The van der Waals surface area contributed by atoms with Gasteiger partial charge in [0.2, 0.25) is 0 Å². The summed E-state index contributed by atoms with van der Waals surface area (Å²) >= 11 is 0. The van der Waals surface area contributed by atoms with Gasteiger partial charge in [-0.15, -0.1) is 0 Å². The fraction of sp³-hybridized carbons (Fsp3) is 0.684.